The summed E-state index contributed by atoms with van der Waals surface area (Å²) >= 11 is 0. The monoisotopic (exact) mass is 422 g/mol. The van der Waals surface area contributed by atoms with Crippen molar-refractivity contribution in [3.8, 4) is 0 Å². The molecule has 0 aliphatic carbocycles. The second-order valence-corrected chi connectivity index (χ2v) is 9.16. The maximum Gasteiger partial charge on any atom is 0.0965 e. The number of hydrogen-bond donors (Lipinski definition) is 1. The maximum absolute atomic E-state index is 9.68. The van der Waals surface area contributed by atoms with Crippen molar-refractivity contribution in [1.82, 2.24) is 4.98 Å². The number of benzene rings is 1. The lowest BCUT2D eigenvalue weighted by Crippen LogP contribution is -2.30. The van der Waals surface area contributed by atoms with Gasteiger partial charge in [0.15, 0.2) is 0 Å². The highest BCUT2D eigenvalue weighted by Crippen LogP contribution is 2.36. The van der Waals surface area contributed by atoms with Crippen LogP contribution >= 0.6 is 0 Å². The van der Waals surface area contributed by atoms with Gasteiger partial charge in [0.25, 0.3) is 0 Å². The predicted molar refractivity (Wildman–Crippen MR) is 130 cm³/mol. The number of rotatable bonds is 8. The van der Waals surface area contributed by atoms with Crippen molar-refractivity contribution >= 4 is 16.6 Å². The molecule has 0 bridgehead atoms. The molecule has 2 aromatic rings. The van der Waals surface area contributed by atoms with Crippen LogP contribution < -0.4 is 4.90 Å². The van der Waals surface area contributed by atoms with E-state index in [4.69, 9.17) is 9.72 Å². The fourth-order valence-corrected chi connectivity index (χ4v) is 4.67. The molecule has 1 aliphatic rings. The number of pyridine rings is 1. The SMILES string of the molecule is CO/C(C[C@@H]1CCCN1c1cc(C)nc2cc(CO)c(C)cc12)=C(\C)CCC=C(C)C. The van der Waals surface area contributed by atoms with Crippen LogP contribution in [0.5, 0.6) is 0 Å². The molecule has 168 valence electrons. The molecule has 1 N–H and O–H groups in total. The van der Waals surface area contributed by atoms with Gasteiger partial charge in [-0.1, -0.05) is 11.6 Å². The van der Waals surface area contributed by atoms with E-state index in [1.807, 2.05) is 13.2 Å². The predicted octanol–water partition coefficient (Wildman–Crippen LogP) is 6.37. The summed E-state index contributed by atoms with van der Waals surface area (Å²) in [6, 6.07) is 6.88. The van der Waals surface area contributed by atoms with Gasteiger partial charge in [0, 0.05) is 35.8 Å². The lowest BCUT2D eigenvalue weighted by molar-refractivity contribution is 0.264. The molecule has 4 heteroatoms. The van der Waals surface area contributed by atoms with Crippen LogP contribution in [-0.4, -0.2) is 29.8 Å². The quantitative estimate of drug-likeness (QED) is 0.397. The van der Waals surface area contributed by atoms with Crippen LogP contribution in [0.2, 0.25) is 0 Å². The second-order valence-electron chi connectivity index (χ2n) is 9.16. The minimum absolute atomic E-state index is 0.0487. The molecule has 1 aliphatic heterocycles. The first kappa shape index (κ1) is 23.3. The number of fused-ring (bicyclic) bond motifs is 1. The number of aliphatic hydroxyl groups is 1. The number of hydrogen-bond acceptors (Lipinski definition) is 4. The Morgan fingerprint density at radius 2 is 2.00 bits per heavy atom. The van der Waals surface area contributed by atoms with Crippen molar-refractivity contribution in [2.75, 3.05) is 18.6 Å². The van der Waals surface area contributed by atoms with E-state index < -0.39 is 0 Å². The second kappa shape index (κ2) is 10.3. The first-order valence-corrected chi connectivity index (χ1v) is 11.5. The molecule has 1 aromatic carbocycles. The van der Waals surface area contributed by atoms with Crippen molar-refractivity contribution in [3.05, 3.63) is 58.0 Å². The fourth-order valence-electron chi connectivity index (χ4n) is 4.67. The highest BCUT2D eigenvalue weighted by molar-refractivity contribution is 5.93. The van der Waals surface area contributed by atoms with E-state index in [1.54, 1.807) is 0 Å². The molecule has 2 heterocycles. The summed E-state index contributed by atoms with van der Waals surface area (Å²) in [5, 5.41) is 10.9. The first-order valence-electron chi connectivity index (χ1n) is 11.5. The van der Waals surface area contributed by atoms with Crippen LogP contribution in [-0.2, 0) is 11.3 Å². The van der Waals surface area contributed by atoms with Crippen LogP contribution in [0, 0.1) is 13.8 Å². The van der Waals surface area contributed by atoms with Crippen molar-refractivity contribution < 1.29 is 9.84 Å². The highest BCUT2D eigenvalue weighted by Gasteiger charge is 2.28. The van der Waals surface area contributed by atoms with E-state index >= 15 is 0 Å². The Kier molecular flexibility index (Phi) is 7.77. The van der Waals surface area contributed by atoms with Gasteiger partial charge in [-0.25, -0.2) is 0 Å². The Morgan fingerprint density at radius 1 is 1.23 bits per heavy atom. The summed E-state index contributed by atoms with van der Waals surface area (Å²) < 4.78 is 5.87. The lowest BCUT2D eigenvalue weighted by atomic mass is 10.0. The van der Waals surface area contributed by atoms with Gasteiger partial charge in [-0.05, 0) is 95.2 Å². The van der Waals surface area contributed by atoms with Gasteiger partial charge in [0.1, 0.15) is 0 Å². The molecule has 0 unspecified atom stereocenters. The summed E-state index contributed by atoms with van der Waals surface area (Å²) in [7, 11) is 1.81. The lowest BCUT2D eigenvalue weighted by Gasteiger charge is -2.29. The summed E-state index contributed by atoms with van der Waals surface area (Å²) in [5.41, 5.74) is 8.03. The van der Waals surface area contributed by atoms with Gasteiger partial charge in [0.05, 0.1) is 25.0 Å². The Morgan fingerprint density at radius 3 is 2.68 bits per heavy atom. The number of nitrogens with zero attached hydrogens (tertiary/aromatic N) is 2. The van der Waals surface area contributed by atoms with Crippen molar-refractivity contribution in [2.24, 2.45) is 0 Å². The molecule has 1 fully saturated rings. The van der Waals surface area contributed by atoms with Crippen LogP contribution in [0.15, 0.2) is 41.2 Å². The van der Waals surface area contributed by atoms with Crippen LogP contribution in [0.3, 0.4) is 0 Å². The third-order valence-electron chi connectivity index (χ3n) is 6.44. The molecule has 0 amide bonds. The molecular formula is C27H38N2O2. The molecule has 3 rings (SSSR count). The van der Waals surface area contributed by atoms with Crippen molar-refractivity contribution in [1.29, 1.82) is 0 Å². The minimum Gasteiger partial charge on any atom is -0.501 e. The summed E-state index contributed by atoms with van der Waals surface area (Å²) in [5.74, 6) is 1.13. The molecule has 31 heavy (non-hydrogen) atoms. The van der Waals surface area contributed by atoms with E-state index in [0.29, 0.717) is 6.04 Å². The summed E-state index contributed by atoms with van der Waals surface area (Å²) in [4.78, 5) is 7.31. The van der Waals surface area contributed by atoms with Crippen LogP contribution in [0.25, 0.3) is 10.9 Å². The molecular weight excluding hydrogens is 384 g/mol. The summed E-state index contributed by atoms with van der Waals surface area (Å²) in [6.07, 6.45) is 7.71. The van der Waals surface area contributed by atoms with Gasteiger partial charge in [-0.3, -0.25) is 4.98 Å². The van der Waals surface area contributed by atoms with Gasteiger partial charge in [0.2, 0.25) is 0 Å². The van der Waals surface area contributed by atoms with E-state index in [1.165, 1.54) is 35.1 Å². The highest BCUT2D eigenvalue weighted by atomic mass is 16.5. The molecule has 1 atom stereocenters. The Labute approximate surface area is 187 Å². The molecule has 1 aromatic heterocycles. The van der Waals surface area contributed by atoms with Gasteiger partial charge in [-0.15, -0.1) is 0 Å². The van der Waals surface area contributed by atoms with E-state index in [9.17, 15) is 5.11 Å². The summed E-state index contributed by atoms with van der Waals surface area (Å²) in [6.45, 7) is 11.7. The van der Waals surface area contributed by atoms with Gasteiger partial charge in [-0.2, -0.15) is 0 Å². The number of aryl methyl sites for hydroxylation is 2. The standard InChI is InChI=1S/C27H38N2O2/c1-18(2)9-7-10-19(3)27(31-6)16-23-11-8-12-29(23)26-14-21(5)28-25-15-22(17-30)20(4)13-24(25)26/h9,13-15,23,30H,7-8,10-12,16-17H2,1-6H3/b27-19+/t23-/m0/s1. The topological polar surface area (TPSA) is 45.6 Å². The number of allylic oxidation sites excluding steroid dienone is 3. The zero-order valence-electron chi connectivity index (χ0n) is 20.1. The zero-order valence-corrected chi connectivity index (χ0v) is 20.1. The third kappa shape index (κ3) is 5.48. The number of aliphatic hydroxyl groups excluding tert-OH is 1. The molecule has 4 nitrogen and oxygen atoms in total. The maximum atomic E-state index is 9.68. The largest absolute Gasteiger partial charge is 0.501 e. The molecule has 0 radical (unpaired) electrons. The average Bonchev–Trinajstić information content (AvgIpc) is 3.18. The normalized spacial score (nSPS) is 17.1. The van der Waals surface area contributed by atoms with Crippen LogP contribution in [0.1, 0.15) is 69.7 Å². The number of methoxy groups -OCH3 is 1. The van der Waals surface area contributed by atoms with Gasteiger partial charge < -0.3 is 14.7 Å². The Balaban J connectivity index is 1.91. The molecule has 1 saturated heterocycles. The van der Waals surface area contributed by atoms with E-state index in [2.05, 4.69) is 57.7 Å². The third-order valence-corrected chi connectivity index (χ3v) is 6.44. The van der Waals surface area contributed by atoms with Gasteiger partial charge >= 0.3 is 0 Å². The average molecular weight is 423 g/mol. The van der Waals surface area contributed by atoms with E-state index in [-0.39, 0.29) is 6.61 Å². The smallest absolute Gasteiger partial charge is 0.0965 e. The molecule has 0 saturated carbocycles. The Bertz CT molecular complexity index is 986. The number of aromatic nitrogens is 1. The molecule has 0 spiro atoms. The fraction of sp³-hybridized carbons (Fsp3) is 0.519. The van der Waals surface area contributed by atoms with Crippen molar-refractivity contribution in [3.63, 3.8) is 0 Å². The zero-order chi connectivity index (χ0) is 22.5. The minimum atomic E-state index is 0.0487. The first-order chi connectivity index (χ1) is 14.8. The van der Waals surface area contributed by atoms with Crippen LogP contribution in [0.4, 0.5) is 5.69 Å². The number of ether oxygens (including phenoxy) is 1. The van der Waals surface area contributed by atoms with Crippen molar-refractivity contribution in [2.45, 2.75) is 79.4 Å². The number of anilines is 1. The Hall–Kier alpha value is -2.33. The van der Waals surface area contributed by atoms with E-state index in [0.717, 1.165) is 53.9 Å².